The van der Waals surface area contributed by atoms with Gasteiger partial charge in [0.1, 0.15) is 0 Å². The van der Waals surface area contributed by atoms with Crippen molar-refractivity contribution < 1.29 is 4.74 Å². The van der Waals surface area contributed by atoms with Gasteiger partial charge in [0.2, 0.25) is 0 Å². The van der Waals surface area contributed by atoms with Crippen LogP contribution in [0.3, 0.4) is 0 Å². The van der Waals surface area contributed by atoms with E-state index in [1.165, 1.54) is 51.6 Å². The van der Waals surface area contributed by atoms with Crippen LogP contribution in [0.5, 0.6) is 0 Å². The highest BCUT2D eigenvalue weighted by Gasteiger charge is 2.39. The van der Waals surface area contributed by atoms with E-state index in [-0.39, 0.29) is 5.60 Å². The van der Waals surface area contributed by atoms with Crippen LogP contribution < -0.4 is 5.32 Å². The molecule has 1 unspecified atom stereocenters. The molecule has 17 heavy (non-hydrogen) atoms. The van der Waals surface area contributed by atoms with Gasteiger partial charge >= 0.3 is 0 Å². The Kier molecular flexibility index (Phi) is 4.83. The maximum absolute atomic E-state index is 5.73. The first-order valence-electron chi connectivity index (χ1n) is 7.29. The number of nitrogens with one attached hydrogen (secondary N) is 1. The SMILES string of the molecule is CCCNC1CCCN(CC2(OC)CCC2)C1. The minimum absolute atomic E-state index is 0.201. The van der Waals surface area contributed by atoms with E-state index in [4.69, 9.17) is 4.74 Å². The predicted molar refractivity (Wildman–Crippen MR) is 71.3 cm³/mol. The first kappa shape index (κ1) is 13.3. The third-order valence-electron chi connectivity index (χ3n) is 4.40. The topological polar surface area (TPSA) is 24.5 Å². The highest BCUT2D eigenvalue weighted by atomic mass is 16.5. The molecule has 1 heterocycles. The summed E-state index contributed by atoms with van der Waals surface area (Å²) in [5.74, 6) is 0. The van der Waals surface area contributed by atoms with Gasteiger partial charge in [0, 0.05) is 26.2 Å². The van der Waals surface area contributed by atoms with Crippen molar-refractivity contribution in [2.24, 2.45) is 0 Å². The number of hydrogen-bond acceptors (Lipinski definition) is 3. The van der Waals surface area contributed by atoms with E-state index >= 15 is 0 Å². The van der Waals surface area contributed by atoms with Crippen molar-refractivity contribution in [3.8, 4) is 0 Å². The highest BCUT2D eigenvalue weighted by molar-refractivity contribution is 4.93. The zero-order chi connectivity index (χ0) is 12.1. The molecule has 100 valence electrons. The van der Waals surface area contributed by atoms with Crippen LogP contribution >= 0.6 is 0 Å². The molecular formula is C14H28N2O. The van der Waals surface area contributed by atoms with Crippen molar-refractivity contribution in [3.05, 3.63) is 0 Å². The number of likely N-dealkylation sites (tertiary alicyclic amines) is 1. The number of piperidine rings is 1. The Bertz CT molecular complexity index is 223. The van der Waals surface area contributed by atoms with Gasteiger partial charge in [-0.15, -0.1) is 0 Å². The van der Waals surface area contributed by atoms with Gasteiger partial charge in [-0.1, -0.05) is 6.92 Å². The molecular weight excluding hydrogens is 212 g/mol. The molecule has 1 saturated carbocycles. The fourth-order valence-corrected chi connectivity index (χ4v) is 3.12. The summed E-state index contributed by atoms with van der Waals surface area (Å²) in [6.07, 6.45) is 7.77. The number of ether oxygens (including phenoxy) is 1. The Morgan fingerprint density at radius 2 is 2.18 bits per heavy atom. The van der Waals surface area contributed by atoms with Crippen LogP contribution in [-0.4, -0.2) is 49.8 Å². The summed E-state index contributed by atoms with van der Waals surface area (Å²) < 4.78 is 5.73. The van der Waals surface area contributed by atoms with Crippen molar-refractivity contribution in [2.45, 2.75) is 57.1 Å². The van der Waals surface area contributed by atoms with Gasteiger partial charge in [0.05, 0.1) is 5.60 Å². The molecule has 0 amide bonds. The average molecular weight is 240 g/mol. The Morgan fingerprint density at radius 1 is 1.35 bits per heavy atom. The lowest BCUT2D eigenvalue weighted by Gasteiger charge is -2.45. The quantitative estimate of drug-likeness (QED) is 0.769. The molecule has 0 spiro atoms. The lowest BCUT2D eigenvalue weighted by molar-refractivity contribution is -0.0946. The third-order valence-corrected chi connectivity index (χ3v) is 4.40. The van der Waals surface area contributed by atoms with Gasteiger partial charge in [0.25, 0.3) is 0 Å². The number of rotatable bonds is 6. The minimum Gasteiger partial charge on any atom is -0.377 e. The molecule has 0 aromatic carbocycles. The molecule has 0 radical (unpaired) electrons. The van der Waals surface area contributed by atoms with Gasteiger partial charge in [-0.2, -0.15) is 0 Å². The second-order valence-corrected chi connectivity index (χ2v) is 5.77. The molecule has 3 heteroatoms. The zero-order valence-electron chi connectivity index (χ0n) is 11.5. The maximum atomic E-state index is 5.73. The van der Waals surface area contributed by atoms with E-state index in [2.05, 4.69) is 17.1 Å². The first-order valence-corrected chi connectivity index (χ1v) is 7.29. The van der Waals surface area contributed by atoms with Crippen LogP contribution in [-0.2, 0) is 4.74 Å². The van der Waals surface area contributed by atoms with Crippen molar-refractivity contribution in [2.75, 3.05) is 33.3 Å². The standard InChI is InChI=1S/C14H28N2O/c1-3-9-15-13-6-4-10-16(11-13)12-14(17-2)7-5-8-14/h13,15H,3-12H2,1-2H3. The molecule has 1 N–H and O–H groups in total. The summed E-state index contributed by atoms with van der Waals surface area (Å²) in [6.45, 7) is 7.02. The lowest BCUT2D eigenvalue weighted by atomic mass is 9.79. The van der Waals surface area contributed by atoms with Crippen LogP contribution in [0, 0.1) is 0 Å². The Morgan fingerprint density at radius 3 is 2.76 bits per heavy atom. The summed E-state index contributed by atoms with van der Waals surface area (Å²) >= 11 is 0. The normalized spacial score (nSPS) is 28.9. The van der Waals surface area contributed by atoms with Gasteiger partial charge < -0.3 is 10.1 Å². The fraction of sp³-hybridized carbons (Fsp3) is 1.00. The molecule has 3 nitrogen and oxygen atoms in total. The molecule has 1 saturated heterocycles. The van der Waals surface area contributed by atoms with E-state index in [0.29, 0.717) is 6.04 Å². The molecule has 2 aliphatic rings. The largest absolute Gasteiger partial charge is 0.377 e. The first-order chi connectivity index (χ1) is 8.28. The fourth-order valence-electron chi connectivity index (χ4n) is 3.12. The molecule has 0 bridgehead atoms. The predicted octanol–water partition coefficient (Wildman–Crippen LogP) is 2.02. The molecule has 1 atom stereocenters. The second kappa shape index (κ2) is 6.17. The molecule has 1 aliphatic heterocycles. The third kappa shape index (κ3) is 3.43. The molecule has 2 rings (SSSR count). The van der Waals surface area contributed by atoms with E-state index in [1.807, 2.05) is 7.11 Å². The zero-order valence-corrected chi connectivity index (χ0v) is 11.5. The summed E-state index contributed by atoms with van der Waals surface area (Å²) in [7, 11) is 1.88. The number of nitrogens with zero attached hydrogens (tertiary/aromatic N) is 1. The summed E-state index contributed by atoms with van der Waals surface area (Å²) in [5.41, 5.74) is 0.201. The van der Waals surface area contributed by atoms with Gasteiger partial charge in [-0.3, -0.25) is 4.90 Å². The van der Waals surface area contributed by atoms with Crippen LogP contribution in [0.1, 0.15) is 45.4 Å². The van der Waals surface area contributed by atoms with Crippen molar-refractivity contribution >= 4 is 0 Å². The Labute approximate surface area is 106 Å². The van der Waals surface area contributed by atoms with E-state index in [9.17, 15) is 0 Å². The van der Waals surface area contributed by atoms with Crippen LogP contribution in [0.2, 0.25) is 0 Å². The van der Waals surface area contributed by atoms with Gasteiger partial charge in [-0.05, 0) is 51.6 Å². The number of methoxy groups -OCH3 is 1. The average Bonchev–Trinajstić information content (AvgIpc) is 2.32. The van der Waals surface area contributed by atoms with Crippen molar-refractivity contribution in [3.63, 3.8) is 0 Å². The summed E-state index contributed by atoms with van der Waals surface area (Å²) in [6, 6.07) is 0.706. The lowest BCUT2D eigenvalue weighted by Crippen LogP contribution is -2.54. The second-order valence-electron chi connectivity index (χ2n) is 5.77. The molecule has 2 fully saturated rings. The van der Waals surface area contributed by atoms with E-state index in [0.717, 1.165) is 13.1 Å². The molecule has 0 aromatic rings. The molecule has 0 aromatic heterocycles. The highest BCUT2D eigenvalue weighted by Crippen LogP contribution is 2.36. The maximum Gasteiger partial charge on any atom is 0.0805 e. The van der Waals surface area contributed by atoms with Crippen molar-refractivity contribution in [1.29, 1.82) is 0 Å². The van der Waals surface area contributed by atoms with Crippen LogP contribution in [0.15, 0.2) is 0 Å². The van der Waals surface area contributed by atoms with Crippen molar-refractivity contribution in [1.82, 2.24) is 10.2 Å². The summed E-state index contributed by atoms with van der Waals surface area (Å²) in [5, 5.41) is 3.66. The van der Waals surface area contributed by atoms with Crippen LogP contribution in [0.4, 0.5) is 0 Å². The van der Waals surface area contributed by atoms with E-state index < -0.39 is 0 Å². The monoisotopic (exact) mass is 240 g/mol. The van der Waals surface area contributed by atoms with E-state index in [1.54, 1.807) is 0 Å². The number of hydrogen-bond donors (Lipinski definition) is 1. The molecule has 1 aliphatic carbocycles. The summed E-state index contributed by atoms with van der Waals surface area (Å²) in [4.78, 5) is 2.61. The Balaban J connectivity index is 1.76. The van der Waals surface area contributed by atoms with Gasteiger partial charge in [-0.25, -0.2) is 0 Å². The minimum atomic E-state index is 0.201. The van der Waals surface area contributed by atoms with Gasteiger partial charge in [0.15, 0.2) is 0 Å². The smallest absolute Gasteiger partial charge is 0.0805 e. The Hall–Kier alpha value is -0.120. The van der Waals surface area contributed by atoms with Crippen LogP contribution in [0.25, 0.3) is 0 Å².